The molecule has 1 aromatic heterocycles. The number of carbonyl (C=O) groups is 2. The first-order chi connectivity index (χ1) is 14.8. The fraction of sp³-hybridized carbons (Fsp3) is 0.174. The van der Waals surface area contributed by atoms with E-state index in [4.69, 9.17) is 16.3 Å². The van der Waals surface area contributed by atoms with Crippen molar-refractivity contribution in [3.8, 4) is 5.75 Å². The van der Waals surface area contributed by atoms with Gasteiger partial charge in [0.15, 0.2) is 6.10 Å². The average molecular weight is 456 g/mol. The van der Waals surface area contributed by atoms with Crippen molar-refractivity contribution in [2.24, 2.45) is 5.10 Å². The number of carbonyl (C=O) groups excluding carboxylic acids is 2. The third kappa shape index (κ3) is 6.16. The minimum Gasteiger partial charge on any atom is -0.481 e. The Balaban J connectivity index is 1.56. The molecule has 0 fully saturated rings. The number of aryl methyl sites for hydroxylation is 1. The highest BCUT2D eigenvalue weighted by atomic mass is 35.5. The number of hydrogen-bond donors (Lipinski definition) is 2. The second kappa shape index (κ2) is 10.2. The Hall–Kier alpha value is -3.16. The monoisotopic (exact) mass is 455 g/mol. The van der Waals surface area contributed by atoms with E-state index in [0.717, 1.165) is 11.1 Å². The summed E-state index contributed by atoms with van der Waals surface area (Å²) in [4.78, 5) is 25.1. The molecule has 31 heavy (non-hydrogen) atoms. The number of anilines is 1. The lowest BCUT2D eigenvalue weighted by atomic mass is 10.1. The normalized spacial score (nSPS) is 12.2. The van der Waals surface area contributed by atoms with Crippen LogP contribution >= 0.6 is 22.9 Å². The van der Waals surface area contributed by atoms with Gasteiger partial charge in [0.05, 0.1) is 10.6 Å². The fourth-order valence-electron chi connectivity index (χ4n) is 2.68. The van der Waals surface area contributed by atoms with E-state index in [9.17, 15) is 9.59 Å². The summed E-state index contributed by atoms with van der Waals surface area (Å²) in [5, 5.41) is 9.47. The van der Waals surface area contributed by atoms with Gasteiger partial charge in [0.25, 0.3) is 11.8 Å². The molecular weight excluding hydrogens is 434 g/mol. The van der Waals surface area contributed by atoms with Crippen LogP contribution in [0, 0.1) is 6.92 Å². The second-order valence-corrected chi connectivity index (χ2v) is 8.24. The van der Waals surface area contributed by atoms with Crippen molar-refractivity contribution in [2.75, 3.05) is 5.32 Å². The summed E-state index contributed by atoms with van der Waals surface area (Å²) >= 11 is 7.33. The van der Waals surface area contributed by atoms with Gasteiger partial charge in [-0.25, -0.2) is 5.43 Å². The van der Waals surface area contributed by atoms with Crippen molar-refractivity contribution in [2.45, 2.75) is 26.9 Å². The quantitative estimate of drug-likeness (QED) is 0.376. The lowest BCUT2D eigenvalue weighted by molar-refractivity contribution is -0.127. The summed E-state index contributed by atoms with van der Waals surface area (Å²) in [5.74, 6) is 0.0757. The third-order valence-corrected chi connectivity index (χ3v) is 5.55. The van der Waals surface area contributed by atoms with Gasteiger partial charge in [-0.15, -0.1) is 11.3 Å². The third-order valence-electron chi connectivity index (χ3n) is 4.45. The molecule has 0 aliphatic rings. The molecule has 0 bridgehead atoms. The van der Waals surface area contributed by atoms with Crippen LogP contribution in [0.25, 0.3) is 0 Å². The highest BCUT2D eigenvalue weighted by Gasteiger charge is 2.15. The minimum atomic E-state index is -0.730. The molecule has 3 rings (SSSR count). The Morgan fingerprint density at radius 1 is 1.13 bits per heavy atom. The number of benzene rings is 2. The molecule has 0 unspecified atom stereocenters. The van der Waals surface area contributed by atoms with Crippen LogP contribution in [-0.4, -0.2) is 23.6 Å². The molecule has 3 aromatic rings. The van der Waals surface area contributed by atoms with Crippen molar-refractivity contribution >= 4 is 46.2 Å². The van der Waals surface area contributed by atoms with Crippen LogP contribution in [-0.2, 0) is 4.79 Å². The number of thiophene rings is 1. The predicted molar refractivity (Wildman–Crippen MR) is 125 cm³/mol. The van der Waals surface area contributed by atoms with E-state index in [1.54, 1.807) is 50.2 Å². The van der Waals surface area contributed by atoms with Gasteiger partial charge in [0, 0.05) is 10.7 Å². The van der Waals surface area contributed by atoms with Gasteiger partial charge in [-0.3, -0.25) is 9.59 Å². The van der Waals surface area contributed by atoms with Gasteiger partial charge in [-0.2, -0.15) is 5.10 Å². The van der Waals surface area contributed by atoms with Crippen LogP contribution in [0.2, 0.25) is 5.02 Å². The zero-order chi connectivity index (χ0) is 22.4. The number of hydrogen-bond acceptors (Lipinski definition) is 5. The van der Waals surface area contributed by atoms with Crippen molar-refractivity contribution in [3.05, 3.63) is 81.0 Å². The van der Waals surface area contributed by atoms with E-state index < -0.39 is 6.10 Å². The molecule has 160 valence electrons. The van der Waals surface area contributed by atoms with E-state index in [1.165, 1.54) is 11.3 Å². The fourth-order valence-corrected chi connectivity index (χ4v) is 3.52. The Morgan fingerprint density at radius 2 is 1.87 bits per heavy atom. The molecule has 2 N–H and O–H groups in total. The van der Waals surface area contributed by atoms with Gasteiger partial charge < -0.3 is 10.1 Å². The molecule has 1 atom stereocenters. The Bertz CT molecular complexity index is 1100. The first-order valence-electron chi connectivity index (χ1n) is 9.55. The summed E-state index contributed by atoms with van der Waals surface area (Å²) in [5.41, 5.74) is 5.49. The van der Waals surface area contributed by atoms with E-state index in [1.807, 2.05) is 30.5 Å². The average Bonchev–Trinajstić information content (AvgIpc) is 3.29. The standard InChI is InChI=1S/C23H22ClN3O3S/c1-14-13-18(24)8-11-20(14)30-16(3)22(28)27-26-15(2)17-6-9-19(10-7-17)25-23(29)21-5-4-12-31-21/h4-13,16H,1-3H3,(H,25,29)(H,27,28)/b26-15-/t16-/m0/s1. The molecule has 8 heteroatoms. The highest BCUT2D eigenvalue weighted by molar-refractivity contribution is 7.12. The number of ether oxygens (including phenoxy) is 1. The molecular formula is C23H22ClN3O3S. The van der Waals surface area contributed by atoms with Crippen LogP contribution < -0.4 is 15.5 Å². The maximum Gasteiger partial charge on any atom is 0.280 e. The number of rotatable bonds is 7. The molecule has 1 heterocycles. The van der Waals surface area contributed by atoms with Crippen LogP contribution in [0.4, 0.5) is 5.69 Å². The molecule has 0 aliphatic carbocycles. The number of hydrazone groups is 1. The summed E-state index contributed by atoms with van der Waals surface area (Å²) in [7, 11) is 0. The number of nitrogens with zero attached hydrogens (tertiary/aromatic N) is 1. The number of amides is 2. The molecule has 6 nitrogen and oxygen atoms in total. The van der Waals surface area contributed by atoms with E-state index in [-0.39, 0.29) is 11.8 Å². The Morgan fingerprint density at radius 3 is 2.52 bits per heavy atom. The van der Waals surface area contributed by atoms with Gasteiger partial charge in [-0.05, 0) is 73.7 Å². The zero-order valence-corrected chi connectivity index (χ0v) is 18.9. The molecule has 2 aromatic carbocycles. The van der Waals surface area contributed by atoms with Crippen LogP contribution in [0.15, 0.2) is 65.1 Å². The van der Waals surface area contributed by atoms with E-state index in [0.29, 0.717) is 27.0 Å². The van der Waals surface area contributed by atoms with Gasteiger partial charge in [-0.1, -0.05) is 29.8 Å². The van der Waals surface area contributed by atoms with Crippen molar-refractivity contribution in [3.63, 3.8) is 0 Å². The maximum atomic E-state index is 12.3. The SMILES string of the molecule is C/C(=N/NC(=O)[C@H](C)Oc1ccc(Cl)cc1C)c1ccc(NC(=O)c2cccs2)cc1. The predicted octanol–water partition coefficient (Wildman–Crippen LogP) is 5.27. The van der Waals surface area contributed by atoms with E-state index in [2.05, 4.69) is 15.8 Å². The minimum absolute atomic E-state index is 0.148. The Kier molecular flexibility index (Phi) is 7.44. The molecule has 0 saturated carbocycles. The second-order valence-electron chi connectivity index (χ2n) is 6.85. The summed E-state index contributed by atoms with van der Waals surface area (Å²) in [6.45, 7) is 5.30. The highest BCUT2D eigenvalue weighted by Crippen LogP contribution is 2.23. The summed E-state index contributed by atoms with van der Waals surface area (Å²) < 4.78 is 5.70. The first kappa shape index (κ1) is 22.5. The van der Waals surface area contributed by atoms with Gasteiger partial charge in [0.1, 0.15) is 5.75 Å². The van der Waals surface area contributed by atoms with Crippen LogP contribution in [0.1, 0.15) is 34.6 Å². The van der Waals surface area contributed by atoms with Crippen molar-refractivity contribution in [1.82, 2.24) is 5.43 Å². The van der Waals surface area contributed by atoms with Crippen LogP contribution in [0.3, 0.4) is 0 Å². The number of nitrogens with one attached hydrogen (secondary N) is 2. The molecule has 2 amide bonds. The Labute approximate surface area is 189 Å². The van der Waals surface area contributed by atoms with E-state index >= 15 is 0 Å². The summed E-state index contributed by atoms with van der Waals surface area (Å²) in [6.07, 6.45) is -0.730. The van der Waals surface area contributed by atoms with Gasteiger partial charge >= 0.3 is 0 Å². The lowest BCUT2D eigenvalue weighted by Crippen LogP contribution is -2.34. The molecule has 0 saturated heterocycles. The molecule has 0 spiro atoms. The smallest absolute Gasteiger partial charge is 0.280 e. The largest absolute Gasteiger partial charge is 0.481 e. The van der Waals surface area contributed by atoms with Crippen LogP contribution in [0.5, 0.6) is 5.75 Å². The van der Waals surface area contributed by atoms with Gasteiger partial charge in [0.2, 0.25) is 0 Å². The topological polar surface area (TPSA) is 79.8 Å². The number of halogens is 1. The first-order valence-corrected chi connectivity index (χ1v) is 10.8. The molecule has 0 aliphatic heterocycles. The summed E-state index contributed by atoms with van der Waals surface area (Å²) in [6, 6.07) is 16.0. The lowest BCUT2D eigenvalue weighted by Gasteiger charge is -2.15. The zero-order valence-electron chi connectivity index (χ0n) is 17.3. The molecule has 0 radical (unpaired) electrons. The van der Waals surface area contributed by atoms with Crippen molar-refractivity contribution < 1.29 is 14.3 Å². The van der Waals surface area contributed by atoms with Crippen molar-refractivity contribution in [1.29, 1.82) is 0 Å². The maximum absolute atomic E-state index is 12.3.